The minimum absolute atomic E-state index is 0.0764. The number of hydrogen-bond acceptors (Lipinski definition) is 6. The fourth-order valence-corrected chi connectivity index (χ4v) is 3.77. The molecule has 2 unspecified atom stereocenters. The molecule has 0 aromatic rings. The van der Waals surface area contributed by atoms with Crippen LogP contribution in [0.5, 0.6) is 0 Å². The second-order valence-corrected chi connectivity index (χ2v) is 10.6. The lowest BCUT2D eigenvalue weighted by Gasteiger charge is -2.14. The van der Waals surface area contributed by atoms with Crippen molar-refractivity contribution in [3.63, 3.8) is 0 Å². The second-order valence-electron chi connectivity index (χ2n) is 10.6. The number of nitriles is 1. The van der Waals surface area contributed by atoms with Gasteiger partial charge in [-0.25, -0.2) is 0 Å². The summed E-state index contributed by atoms with van der Waals surface area (Å²) >= 11 is 0. The van der Waals surface area contributed by atoms with Crippen LogP contribution in [0.4, 0.5) is 0 Å². The third kappa shape index (κ3) is 30.4. The number of rotatable bonds is 14. The van der Waals surface area contributed by atoms with E-state index in [1.807, 2.05) is 0 Å². The zero-order valence-corrected chi connectivity index (χ0v) is 22.9. The molecule has 0 aromatic heterocycles. The number of ketones is 3. The predicted octanol–water partition coefficient (Wildman–Crippen LogP) is 5.32. The molecule has 0 aliphatic heterocycles. The highest BCUT2D eigenvalue weighted by Crippen LogP contribution is 2.15. The van der Waals surface area contributed by atoms with E-state index in [4.69, 9.17) is 16.7 Å². The maximum atomic E-state index is 10.7. The average molecular weight is 468 g/mol. The Kier molecular flexibility index (Phi) is 24.2. The van der Waals surface area contributed by atoms with Gasteiger partial charge in [0.15, 0.2) is 0 Å². The van der Waals surface area contributed by atoms with Crippen molar-refractivity contribution in [2.45, 2.75) is 101 Å². The third-order valence-electron chi connectivity index (χ3n) is 4.90. The molecule has 0 saturated carbocycles. The van der Waals surface area contributed by atoms with Crippen LogP contribution in [0.15, 0.2) is 0 Å². The molecule has 194 valence electrons. The van der Waals surface area contributed by atoms with Gasteiger partial charge < -0.3 is 21.1 Å². The van der Waals surface area contributed by atoms with E-state index in [0.29, 0.717) is 61.9 Å². The SMILES string of the molecule is CC(=O)CC(C#N)CC(C)C.CC(=O)CC(CN)CC(C)C.CC(=O)C[C@@H](CN)CC(C)C. The number of hydrogen-bond donors (Lipinski definition) is 2. The Morgan fingerprint density at radius 2 is 0.939 bits per heavy atom. The molecule has 6 nitrogen and oxygen atoms in total. The monoisotopic (exact) mass is 467 g/mol. The average Bonchev–Trinajstić information content (AvgIpc) is 2.65. The first-order chi connectivity index (χ1) is 15.2. The van der Waals surface area contributed by atoms with Gasteiger partial charge in [-0.3, -0.25) is 4.79 Å². The summed E-state index contributed by atoms with van der Waals surface area (Å²) < 4.78 is 0. The molecule has 33 heavy (non-hydrogen) atoms. The highest BCUT2D eigenvalue weighted by molar-refractivity contribution is 5.76. The van der Waals surface area contributed by atoms with Gasteiger partial charge in [0.25, 0.3) is 0 Å². The van der Waals surface area contributed by atoms with Crippen molar-refractivity contribution >= 4 is 17.3 Å². The van der Waals surface area contributed by atoms with E-state index in [9.17, 15) is 14.4 Å². The number of carbonyl (C=O) groups excluding carboxylic acids is 3. The fraction of sp³-hybridized carbons (Fsp3) is 0.852. The molecule has 4 N–H and O–H groups in total. The molecule has 0 heterocycles. The summed E-state index contributed by atoms with van der Waals surface area (Å²) in [5.41, 5.74) is 11.0. The van der Waals surface area contributed by atoms with Gasteiger partial charge >= 0.3 is 0 Å². The normalized spacial score (nSPS) is 13.2. The molecule has 0 aliphatic carbocycles. The Hall–Kier alpha value is -1.58. The topological polar surface area (TPSA) is 127 Å². The predicted molar refractivity (Wildman–Crippen MR) is 138 cm³/mol. The smallest absolute Gasteiger partial charge is 0.131 e. The van der Waals surface area contributed by atoms with E-state index in [1.165, 1.54) is 6.92 Å². The maximum Gasteiger partial charge on any atom is 0.131 e. The molecule has 0 amide bonds. The highest BCUT2D eigenvalue weighted by atomic mass is 16.1. The van der Waals surface area contributed by atoms with Crippen molar-refractivity contribution in [2.24, 2.45) is 47.0 Å². The zero-order valence-electron chi connectivity index (χ0n) is 22.9. The van der Waals surface area contributed by atoms with E-state index >= 15 is 0 Å². The second kappa shape index (κ2) is 22.2. The first-order valence-electron chi connectivity index (χ1n) is 12.5. The van der Waals surface area contributed by atoms with E-state index in [0.717, 1.165) is 19.3 Å². The molecule has 0 saturated heterocycles. The summed E-state index contributed by atoms with van der Waals surface area (Å²) in [5, 5.41) is 8.62. The number of nitrogens with two attached hydrogens (primary N) is 2. The molecular weight excluding hydrogens is 414 g/mol. The third-order valence-corrected chi connectivity index (χ3v) is 4.90. The van der Waals surface area contributed by atoms with Gasteiger partial charge in [0.2, 0.25) is 0 Å². The maximum absolute atomic E-state index is 10.7. The summed E-state index contributed by atoms with van der Waals surface area (Å²) in [6, 6.07) is 2.14. The quantitative estimate of drug-likeness (QED) is 0.356. The number of nitrogens with zero attached hydrogens (tertiary/aromatic N) is 1. The Morgan fingerprint density at radius 3 is 1.12 bits per heavy atom. The van der Waals surface area contributed by atoms with E-state index < -0.39 is 0 Å². The van der Waals surface area contributed by atoms with Crippen molar-refractivity contribution in [3.8, 4) is 6.07 Å². The molecule has 3 atom stereocenters. The van der Waals surface area contributed by atoms with Crippen LogP contribution >= 0.6 is 0 Å². The van der Waals surface area contributed by atoms with E-state index in [-0.39, 0.29) is 23.3 Å². The lowest BCUT2D eigenvalue weighted by atomic mass is 9.93. The Bertz CT molecular complexity index is 535. The van der Waals surface area contributed by atoms with Crippen LogP contribution < -0.4 is 11.5 Å². The molecule has 0 aliphatic rings. The van der Waals surface area contributed by atoms with Crippen LogP contribution in [0.2, 0.25) is 0 Å². The van der Waals surface area contributed by atoms with Crippen LogP contribution in [-0.4, -0.2) is 30.4 Å². The first-order valence-corrected chi connectivity index (χ1v) is 12.5. The summed E-state index contributed by atoms with van der Waals surface area (Å²) in [5.74, 6) is 3.11. The van der Waals surface area contributed by atoms with Gasteiger partial charge in [-0.05, 0) is 82.7 Å². The van der Waals surface area contributed by atoms with Gasteiger partial charge in [-0.15, -0.1) is 0 Å². The van der Waals surface area contributed by atoms with Crippen LogP contribution in [0, 0.1) is 46.8 Å². The van der Waals surface area contributed by atoms with E-state index in [2.05, 4.69) is 47.6 Å². The van der Waals surface area contributed by atoms with Gasteiger partial charge in [0.05, 0.1) is 12.0 Å². The summed E-state index contributed by atoms with van der Waals surface area (Å²) in [7, 11) is 0. The standard InChI is InChI=1S/2C9H19NO.C9H15NO/c3*1-7(2)4-9(6-10)5-8(3)11/h2*7,9H,4-6,10H2,1-3H3;7,9H,4-5H2,1-3H3/t9-;;/m0../s1. The Morgan fingerprint density at radius 1 is 0.636 bits per heavy atom. The number of carbonyl (C=O) groups is 3. The summed E-state index contributed by atoms with van der Waals surface area (Å²) in [4.78, 5) is 32.1. The van der Waals surface area contributed by atoms with Gasteiger partial charge in [-0.1, -0.05) is 41.5 Å². The van der Waals surface area contributed by atoms with Crippen LogP contribution in [0.25, 0.3) is 0 Å². The first kappa shape index (κ1) is 36.0. The highest BCUT2D eigenvalue weighted by Gasteiger charge is 2.12. The van der Waals surface area contributed by atoms with Crippen LogP contribution in [-0.2, 0) is 14.4 Å². The molecule has 0 aromatic carbocycles. The van der Waals surface area contributed by atoms with E-state index in [1.54, 1.807) is 13.8 Å². The van der Waals surface area contributed by atoms with Crippen LogP contribution in [0.1, 0.15) is 101 Å². The molecule has 0 radical (unpaired) electrons. The minimum Gasteiger partial charge on any atom is -0.330 e. The van der Waals surface area contributed by atoms with Crippen molar-refractivity contribution in [1.82, 2.24) is 0 Å². The minimum atomic E-state index is -0.0764. The molecule has 0 spiro atoms. The lowest BCUT2D eigenvalue weighted by molar-refractivity contribution is -0.118. The van der Waals surface area contributed by atoms with Gasteiger partial charge in [-0.2, -0.15) is 5.26 Å². The Balaban J connectivity index is -0.000000409. The summed E-state index contributed by atoms with van der Waals surface area (Å²) in [6.07, 6.45) is 4.67. The van der Waals surface area contributed by atoms with Crippen molar-refractivity contribution in [2.75, 3.05) is 13.1 Å². The van der Waals surface area contributed by atoms with Crippen molar-refractivity contribution < 1.29 is 14.4 Å². The zero-order chi connectivity index (χ0) is 26.6. The molecular formula is C27H53N3O3. The van der Waals surface area contributed by atoms with Gasteiger partial charge in [0, 0.05) is 19.3 Å². The molecule has 0 bridgehead atoms. The largest absolute Gasteiger partial charge is 0.330 e. The summed E-state index contributed by atoms with van der Waals surface area (Å²) in [6.45, 7) is 18.8. The van der Waals surface area contributed by atoms with Crippen LogP contribution in [0.3, 0.4) is 0 Å². The molecule has 0 rings (SSSR count). The Labute approximate surface area is 204 Å². The van der Waals surface area contributed by atoms with Gasteiger partial charge in [0.1, 0.15) is 17.3 Å². The lowest BCUT2D eigenvalue weighted by Crippen LogP contribution is -2.18. The van der Waals surface area contributed by atoms with Crippen molar-refractivity contribution in [3.05, 3.63) is 0 Å². The fourth-order valence-electron chi connectivity index (χ4n) is 3.77. The molecule has 6 heteroatoms. The number of Topliss-reactive ketones (excluding diaryl/α,β-unsaturated/α-hetero) is 3. The van der Waals surface area contributed by atoms with Crippen molar-refractivity contribution in [1.29, 1.82) is 5.26 Å². The molecule has 0 fully saturated rings.